The molecule has 4 nitrogen and oxygen atoms in total. The summed E-state index contributed by atoms with van der Waals surface area (Å²) in [6.45, 7) is 2.90. The summed E-state index contributed by atoms with van der Waals surface area (Å²) in [6, 6.07) is 4.85. The predicted molar refractivity (Wildman–Crippen MR) is 79.4 cm³/mol. The molecule has 0 atom stereocenters. The van der Waals surface area contributed by atoms with Crippen LogP contribution in [0.4, 0.5) is 10.1 Å². The number of nitrogens with zero attached hydrogens (tertiary/aromatic N) is 1. The third-order valence-electron chi connectivity index (χ3n) is 2.07. The van der Waals surface area contributed by atoms with Crippen LogP contribution in [0.1, 0.15) is 12.5 Å². The molecule has 0 fully saturated rings. The molecule has 104 valence electrons. The van der Waals surface area contributed by atoms with Crippen LogP contribution in [0.2, 0.25) is 0 Å². The molecule has 1 aromatic carbocycles. The van der Waals surface area contributed by atoms with E-state index >= 15 is 0 Å². The summed E-state index contributed by atoms with van der Waals surface area (Å²) in [5.74, 6) is 0.00761. The van der Waals surface area contributed by atoms with Crippen molar-refractivity contribution in [3.05, 3.63) is 29.6 Å². The van der Waals surface area contributed by atoms with Crippen LogP contribution in [-0.4, -0.2) is 19.0 Å². The summed E-state index contributed by atoms with van der Waals surface area (Å²) in [7, 11) is 0. The fourth-order valence-corrected chi connectivity index (χ4v) is 1.34. The molecule has 0 unspecified atom stereocenters. The number of rotatable bonds is 4. The molecule has 0 heterocycles. The minimum atomic E-state index is -0.278. The van der Waals surface area contributed by atoms with Gasteiger partial charge in [0.2, 0.25) is 0 Å². The second-order valence-electron chi connectivity index (χ2n) is 3.33. The molecule has 0 saturated carbocycles. The first-order valence-corrected chi connectivity index (χ1v) is 5.22. The minimum absolute atomic E-state index is 0. The topological polar surface area (TPSA) is 76.4 Å². The quantitative estimate of drug-likeness (QED) is 0.587. The summed E-state index contributed by atoms with van der Waals surface area (Å²) in [5.41, 5.74) is 12.1. The van der Waals surface area contributed by atoms with Gasteiger partial charge in [0.15, 0.2) is 5.96 Å². The standard InChI is InChI=1S/C11H17FN4.2ClH/c1-2-15-11(14)16-9-4-3-8(5-6-13)10(12)7-9;;/h3-4,7H,2,5-6,13H2,1H3,(H3,14,15,16);2*1H. The zero-order valence-corrected chi connectivity index (χ0v) is 11.8. The number of nitrogens with one attached hydrogen (secondary N) is 1. The lowest BCUT2D eigenvalue weighted by atomic mass is 10.1. The second-order valence-corrected chi connectivity index (χ2v) is 3.33. The van der Waals surface area contributed by atoms with E-state index in [1.807, 2.05) is 6.92 Å². The number of anilines is 1. The van der Waals surface area contributed by atoms with Gasteiger partial charge in [-0.05, 0) is 37.6 Å². The van der Waals surface area contributed by atoms with Gasteiger partial charge in [0.25, 0.3) is 0 Å². The van der Waals surface area contributed by atoms with Crippen LogP contribution in [0.3, 0.4) is 0 Å². The Morgan fingerprint density at radius 2 is 2.06 bits per heavy atom. The van der Waals surface area contributed by atoms with Gasteiger partial charge < -0.3 is 16.8 Å². The molecule has 18 heavy (non-hydrogen) atoms. The first-order chi connectivity index (χ1) is 7.67. The molecule has 0 radical (unpaired) electrons. The molecule has 5 N–H and O–H groups in total. The van der Waals surface area contributed by atoms with Crippen LogP contribution in [0.5, 0.6) is 0 Å². The van der Waals surface area contributed by atoms with Crippen LogP contribution in [0.25, 0.3) is 0 Å². The summed E-state index contributed by atoms with van der Waals surface area (Å²) in [5, 5.41) is 2.81. The Labute approximate surface area is 119 Å². The van der Waals surface area contributed by atoms with Gasteiger partial charge >= 0.3 is 0 Å². The Morgan fingerprint density at radius 1 is 1.39 bits per heavy atom. The molecule has 0 aliphatic heterocycles. The van der Waals surface area contributed by atoms with Crippen molar-refractivity contribution in [1.82, 2.24) is 0 Å². The van der Waals surface area contributed by atoms with E-state index in [0.29, 0.717) is 30.8 Å². The van der Waals surface area contributed by atoms with Gasteiger partial charge in [0.1, 0.15) is 5.82 Å². The number of aliphatic imine (C=N–C) groups is 1. The maximum atomic E-state index is 13.5. The molecule has 0 saturated heterocycles. The Hall–Kier alpha value is -1.04. The van der Waals surface area contributed by atoms with Crippen molar-refractivity contribution in [3.63, 3.8) is 0 Å². The lowest BCUT2D eigenvalue weighted by molar-refractivity contribution is 0.610. The van der Waals surface area contributed by atoms with Gasteiger partial charge in [-0.2, -0.15) is 0 Å². The van der Waals surface area contributed by atoms with E-state index in [2.05, 4.69) is 10.3 Å². The highest BCUT2D eigenvalue weighted by Gasteiger charge is 2.03. The van der Waals surface area contributed by atoms with Gasteiger partial charge in [0, 0.05) is 12.2 Å². The molecular weight excluding hydrogens is 278 g/mol. The van der Waals surface area contributed by atoms with Gasteiger partial charge in [-0.3, -0.25) is 4.99 Å². The van der Waals surface area contributed by atoms with E-state index in [-0.39, 0.29) is 36.6 Å². The molecule has 0 spiro atoms. The van der Waals surface area contributed by atoms with E-state index in [1.54, 1.807) is 12.1 Å². The largest absolute Gasteiger partial charge is 0.370 e. The number of benzene rings is 1. The molecule has 0 aliphatic carbocycles. The van der Waals surface area contributed by atoms with E-state index in [4.69, 9.17) is 11.5 Å². The fraction of sp³-hybridized carbons (Fsp3) is 0.364. The third-order valence-corrected chi connectivity index (χ3v) is 2.07. The fourth-order valence-electron chi connectivity index (χ4n) is 1.34. The van der Waals surface area contributed by atoms with Crippen molar-refractivity contribution < 1.29 is 4.39 Å². The Morgan fingerprint density at radius 3 is 2.56 bits per heavy atom. The van der Waals surface area contributed by atoms with Crippen LogP contribution in [0.15, 0.2) is 23.2 Å². The molecule has 1 rings (SSSR count). The zero-order chi connectivity index (χ0) is 12.0. The first-order valence-electron chi connectivity index (χ1n) is 5.22. The van der Waals surface area contributed by atoms with E-state index in [1.165, 1.54) is 6.07 Å². The molecule has 1 aromatic rings. The highest BCUT2D eigenvalue weighted by atomic mass is 35.5. The van der Waals surface area contributed by atoms with Gasteiger partial charge in [-0.25, -0.2) is 4.39 Å². The number of guanidine groups is 1. The van der Waals surface area contributed by atoms with Crippen LogP contribution in [0, 0.1) is 5.82 Å². The van der Waals surface area contributed by atoms with E-state index in [9.17, 15) is 4.39 Å². The normalized spacial score (nSPS) is 10.3. The molecule has 0 aliphatic rings. The summed E-state index contributed by atoms with van der Waals surface area (Å²) >= 11 is 0. The highest BCUT2D eigenvalue weighted by Crippen LogP contribution is 2.14. The second kappa shape index (κ2) is 9.94. The third kappa shape index (κ3) is 6.05. The Bertz CT molecular complexity index is 385. The zero-order valence-electron chi connectivity index (χ0n) is 10.1. The van der Waals surface area contributed by atoms with Crippen molar-refractivity contribution >= 4 is 36.5 Å². The van der Waals surface area contributed by atoms with Crippen LogP contribution >= 0.6 is 24.8 Å². The number of hydrogen-bond acceptors (Lipinski definition) is 2. The monoisotopic (exact) mass is 296 g/mol. The number of hydrogen-bond donors (Lipinski definition) is 3. The SMILES string of the molecule is CCN=C(N)Nc1ccc(CCN)c(F)c1.Cl.Cl. The molecule has 7 heteroatoms. The summed E-state index contributed by atoms with van der Waals surface area (Å²) in [6.07, 6.45) is 0.532. The Kier molecular flexibility index (Phi) is 10.7. The maximum Gasteiger partial charge on any atom is 0.193 e. The lowest BCUT2D eigenvalue weighted by Crippen LogP contribution is -2.22. The van der Waals surface area contributed by atoms with Crippen LogP contribution in [-0.2, 0) is 6.42 Å². The average molecular weight is 297 g/mol. The highest BCUT2D eigenvalue weighted by molar-refractivity contribution is 5.92. The summed E-state index contributed by atoms with van der Waals surface area (Å²) < 4.78 is 13.5. The average Bonchev–Trinajstić information content (AvgIpc) is 2.22. The van der Waals surface area contributed by atoms with Gasteiger partial charge in [0.05, 0.1) is 0 Å². The van der Waals surface area contributed by atoms with Crippen molar-refractivity contribution in [2.45, 2.75) is 13.3 Å². The lowest BCUT2D eigenvalue weighted by Gasteiger charge is -2.07. The molecular formula is C11H19Cl2FN4. The van der Waals surface area contributed by atoms with Crippen molar-refractivity contribution in [2.24, 2.45) is 16.5 Å². The minimum Gasteiger partial charge on any atom is -0.370 e. The predicted octanol–water partition coefficient (Wildman–Crippen LogP) is 1.92. The van der Waals surface area contributed by atoms with Crippen molar-refractivity contribution in [3.8, 4) is 0 Å². The Balaban J connectivity index is 0. The van der Waals surface area contributed by atoms with Crippen molar-refractivity contribution in [2.75, 3.05) is 18.4 Å². The maximum absolute atomic E-state index is 13.5. The first kappa shape index (κ1) is 19.3. The van der Waals surface area contributed by atoms with Gasteiger partial charge in [-0.15, -0.1) is 24.8 Å². The molecule has 0 amide bonds. The summed E-state index contributed by atoms with van der Waals surface area (Å²) in [4.78, 5) is 3.95. The smallest absolute Gasteiger partial charge is 0.193 e. The van der Waals surface area contributed by atoms with Crippen LogP contribution < -0.4 is 16.8 Å². The van der Waals surface area contributed by atoms with Gasteiger partial charge in [-0.1, -0.05) is 6.07 Å². The van der Waals surface area contributed by atoms with E-state index in [0.717, 1.165) is 0 Å². The number of halogens is 3. The van der Waals surface area contributed by atoms with Crippen molar-refractivity contribution in [1.29, 1.82) is 0 Å². The van der Waals surface area contributed by atoms with E-state index < -0.39 is 0 Å². The molecule has 0 aromatic heterocycles. The number of nitrogens with two attached hydrogens (primary N) is 2. The molecule has 0 bridgehead atoms.